The molecule has 2 aliphatic rings. The number of amides is 1. The molecule has 5 nitrogen and oxygen atoms in total. The molecule has 0 unspecified atom stereocenters. The second-order valence-electron chi connectivity index (χ2n) is 6.06. The number of nitrogens with one attached hydrogen (secondary N) is 1. The summed E-state index contributed by atoms with van der Waals surface area (Å²) < 4.78 is 1.12. The van der Waals surface area contributed by atoms with Gasteiger partial charge in [-0.2, -0.15) is 0 Å². The third-order valence-corrected chi connectivity index (χ3v) is 6.66. The quantitative estimate of drug-likeness (QED) is 0.849. The Bertz CT molecular complexity index is 659. The lowest BCUT2D eigenvalue weighted by Crippen LogP contribution is -2.31. The normalized spacial score (nSPS) is 22.6. The Balaban J connectivity index is 0.000000960. The van der Waals surface area contributed by atoms with E-state index in [1.54, 1.807) is 11.3 Å². The highest BCUT2D eigenvalue weighted by Crippen LogP contribution is 2.35. The van der Waals surface area contributed by atoms with Crippen LogP contribution in [-0.4, -0.2) is 56.1 Å². The molecular weight excluding hydrogens is 375 g/mol. The first kappa shape index (κ1) is 18.7. The van der Waals surface area contributed by atoms with Crippen LogP contribution in [0.5, 0.6) is 0 Å². The van der Waals surface area contributed by atoms with Crippen molar-refractivity contribution < 1.29 is 4.79 Å². The number of hydrogen-bond acceptors (Lipinski definition) is 6. The topological polar surface area (TPSA) is 48.5 Å². The summed E-state index contributed by atoms with van der Waals surface area (Å²) in [4.78, 5) is 23.1. The first-order valence-corrected chi connectivity index (χ1v) is 8.83. The average molecular weight is 395 g/mol. The number of anilines is 1. The van der Waals surface area contributed by atoms with Crippen molar-refractivity contribution in [3.8, 4) is 0 Å². The lowest BCUT2D eigenvalue weighted by molar-refractivity contribution is 0.0786. The predicted octanol–water partition coefficient (Wildman–Crippen LogP) is 2.56. The number of carbonyl (C=O) groups excluding carboxylic acids is 1. The molecule has 2 aromatic rings. The lowest BCUT2D eigenvalue weighted by atomic mass is 10.0. The summed E-state index contributed by atoms with van der Waals surface area (Å²) in [7, 11) is 3.98. The molecule has 1 amide bonds. The van der Waals surface area contributed by atoms with Crippen molar-refractivity contribution in [1.82, 2.24) is 15.2 Å². The number of hydrogen-bond donors (Lipinski definition) is 1. The van der Waals surface area contributed by atoms with Crippen molar-refractivity contribution in [3.05, 3.63) is 10.9 Å². The summed E-state index contributed by atoms with van der Waals surface area (Å²) in [6, 6.07) is 2.01. The second kappa shape index (κ2) is 7.11. The molecule has 0 aromatic carbocycles. The molecule has 2 atom stereocenters. The molecule has 1 N–H and O–H groups in total. The van der Waals surface area contributed by atoms with Crippen LogP contribution in [0.3, 0.4) is 0 Å². The third-order valence-electron chi connectivity index (χ3n) is 4.35. The number of aromatic nitrogens is 1. The molecule has 2 fully saturated rings. The van der Waals surface area contributed by atoms with Gasteiger partial charge in [-0.25, -0.2) is 4.98 Å². The summed E-state index contributed by atoms with van der Waals surface area (Å²) in [5, 5.41) is 4.41. The van der Waals surface area contributed by atoms with Gasteiger partial charge in [0, 0.05) is 40.3 Å². The summed E-state index contributed by atoms with van der Waals surface area (Å²) in [5.74, 6) is 1.48. The first-order valence-electron chi connectivity index (χ1n) is 7.19. The minimum Gasteiger partial charge on any atom is -0.354 e. The van der Waals surface area contributed by atoms with Gasteiger partial charge in [0.05, 0.1) is 9.58 Å². The van der Waals surface area contributed by atoms with Gasteiger partial charge < -0.3 is 15.1 Å². The van der Waals surface area contributed by atoms with Crippen LogP contribution in [0.15, 0.2) is 6.07 Å². The average Bonchev–Trinajstić information content (AvgIpc) is 3.15. The lowest BCUT2D eigenvalue weighted by Gasteiger charge is -2.16. The fourth-order valence-corrected chi connectivity index (χ4v) is 5.30. The van der Waals surface area contributed by atoms with Crippen LogP contribution in [0.1, 0.15) is 9.67 Å². The predicted molar refractivity (Wildman–Crippen MR) is 102 cm³/mol. The summed E-state index contributed by atoms with van der Waals surface area (Å²) in [6.07, 6.45) is 0. The maximum Gasteiger partial charge on any atom is 0.264 e. The number of fused-ring (bicyclic) bond motifs is 2. The molecule has 23 heavy (non-hydrogen) atoms. The molecule has 0 spiro atoms. The zero-order valence-electron chi connectivity index (χ0n) is 12.9. The molecule has 0 bridgehead atoms. The van der Waals surface area contributed by atoms with Crippen molar-refractivity contribution in [3.63, 3.8) is 0 Å². The third kappa shape index (κ3) is 3.30. The standard InChI is InChI=1S/C14H18N4OS2.2ClH/c1-17(2)14-16-12-10(21-14)3-11(20-12)13(19)18-6-8-4-15-5-9(8)7-18;;/h3,8-9,15H,4-7H2,1-2H3;2*1H/t8-,9+;;. The van der Waals surface area contributed by atoms with Crippen LogP contribution >= 0.6 is 47.5 Å². The van der Waals surface area contributed by atoms with Gasteiger partial charge in [-0.15, -0.1) is 36.2 Å². The van der Waals surface area contributed by atoms with Gasteiger partial charge in [-0.1, -0.05) is 11.3 Å². The number of carbonyl (C=O) groups is 1. The Kier molecular flexibility index (Phi) is 5.79. The molecule has 0 saturated carbocycles. The van der Waals surface area contributed by atoms with Crippen molar-refractivity contribution in [1.29, 1.82) is 0 Å². The van der Waals surface area contributed by atoms with E-state index in [-0.39, 0.29) is 30.7 Å². The second-order valence-corrected chi connectivity index (χ2v) is 8.10. The highest BCUT2D eigenvalue weighted by molar-refractivity contribution is 7.29. The molecule has 2 aliphatic heterocycles. The molecular formula is C14H20Cl2N4OS2. The smallest absolute Gasteiger partial charge is 0.264 e. The Hall–Kier alpha value is -0.600. The van der Waals surface area contributed by atoms with Gasteiger partial charge in [0.25, 0.3) is 5.91 Å². The molecule has 0 aliphatic carbocycles. The van der Waals surface area contributed by atoms with E-state index in [0.717, 1.165) is 45.7 Å². The monoisotopic (exact) mass is 394 g/mol. The highest BCUT2D eigenvalue weighted by atomic mass is 35.5. The number of thiophene rings is 1. The van der Waals surface area contributed by atoms with Crippen LogP contribution in [0.25, 0.3) is 9.53 Å². The fraction of sp³-hybridized carbons (Fsp3) is 0.571. The van der Waals surface area contributed by atoms with Crippen LogP contribution < -0.4 is 10.2 Å². The maximum atomic E-state index is 12.6. The van der Waals surface area contributed by atoms with Crippen LogP contribution in [0.2, 0.25) is 0 Å². The number of rotatable bonds is 2. The van der Waals surface area contributed by atoms with Crippen molar-refractivity contribution in [2.45, 2.75) is 0 Å². The zero-order valence-corrected chi connectivity index (χ0v) is 16.2. The Morgan fingerprint density at radius 3 is 2.48 bits per heavy atom. The Morgan fingerprint density at radius 2 is 1.91 bits per heavy atom. The highest BCUT2D eigenvalue weighted by Gasteiger charge is 2.38. The number of likely N-dealkylation sites (tertiary alicyclic amines) is 1. The van der Waals surface area contributed by atoms with Gasteiger partial charge >= 0.3 is 0 Å². The molecule has 2 saturated heterocycles. The molecule has 0 radical (unpaired) electrons. The van der Waals surface area contributed by atoms with Crippen molar-refractivity contribution in [2.24, 2.45) is 11.8 Å². The summed E-state index contributed by atoms with van der Waals surface area (Å²) >= 11 is 3.17. The summed E-state index contributed by atoms with van der Waals surface area (Å²) in [5.41, 5.74) is 0. The number of halogens is 2. The van der Waals surface area contributed by atoms with E-state index in [0.29, 0.717) is 11.8 Å². The molecule has 2 aromatic heterocycles. The van der Waals surface area contributed by atoms with Gasteiger partial charge in [-0.3, -0.25) is 4.79 Å². The van der Waals surface area contributed by atoms with Crippen LogP contribution in [-0.2, 0) is 0 Å². The minimum atomic E-state index is 0. The minimum absolute atomic E-state index is 0. The fourth-order valence-electron chi connectivity index (χ4n) is 3.20. The molecule has 4 rings (SSSR count). The first-order chi connectivity index (χ1) is 10.1. The summed E-state index contributed by atoms with van der Waals surface area (Å²) in [6.45, 7) is 3.92. The van der Waals surface area contributed by atoms with E-state index in [2.05, 4.69) is 10.3 Å². The van der Waals surface area contributed by atoms with Crippen molar-refractivity contribution in [2.75, 3.05) is 45.2 Å². The Morgan fingerprint density at radius 1 is 1.26 bits per heavy atom. The van der Waals surface area contributed by atoms with E-state index in [1.807, 2.05) is 30.0 Å². The van der Waals surface area contributed by atoms with E-state index in [4.69, 9.17) is 0 Å². The maximum absolute atomic E-state index is 12.6. The van der Waals surface area contributed by atoms with Crippen molar-refractivity contribution >= 4 is 68.1 Å². The van der Waals surface area contributed by atoms with Crippen LogP contribution in [0, 0.1) is 11.8 Å². The number of thiazole rings is 1. The molecule has 4 heterocycles. The zero-order chi connectivity index (χ0) is 14.6. The largest absolute Gasteiger partial charge is 0.354 e. The van der Waals surface area contributed by atoms with Gasteiger partial charge in [0.1, 0.15) is 4.83 Å². The van der Waals surface area contributed by atoms with Gasteiger partial charge in [0.2, 0.25) is 0 Å². The van der Waals surface area contributed by atoms with E-state index in [1.165, 1.54) is 11.3 Å². The van der Waals surface area contributed by atoms with E-state index >= 15 is 0 Å². The van der Waals surface area contributed by atoms with E-state index in [9.17, 15) is 4.79 Å². The SMILES string of the molecule is CN(C)c1nc2sc(C(=O)N3C[C@H]4CNC[C@H]4C3)cc2s1.Cl.Cl. The molecule has 9 heteroatoms. The van der Waals surface area contributed by atoms with Gasteiger partial charge in [0.15, 0.2) is 5.13 Å². The molecule has 128 valence electrons. The Labute approximate surface area is 155 Å². The van der Waals surface area contributed by atoms with Gasteiger partial charge in [-0.05, 0) is 17.9 Å². The number of nitrogens with zero attached hydrogens (tertiary/aromatic N) is 3. The van der Waals surface area contributed by atoms with E-state index < -0.39 is 0 Å². The van der Waals surface area contributed by atoms with Crippen LogP contribution in [0.4, 0.5) is 5.13 Å².